The van der Waals surface area contributed by atoms with Crippen molar-refractivity contribution in [1.82, 2.24) is 10.1 Å². The number of thiophene rings is 2. The second-order valence-electron chi connectivity index (χ2n) is 7.09. The molecule has 0 spiro atoms. The number of carbonyl (C=O) groups excluding carboxylic acids is 2. The van der Waals surface area contributed by atoms with E-state index in [0.29, 0.717) is 10.1 Å². The van der Waals surface area contributed by atoms with Gasteiger partial charge in [0.15, 0.2) is 0 Å². The van der Waals surface area contributed by atoms with Crippen LogP contribution in [0.2, 0.25) is 0 Å². The van der Waals surface area contributed by atoms with Crippen molar-refractivity contribution in [2.75, 3.05) is 0 Å². The van der Waals surface area contributed by atoms with Gasteiger partial charge in [-0.3, -0.25) is 10.4 Å². The van der Waals surface area contributed by atoms with E-state index >= 15 is 0 Å². The molecule has 2 aromatic carbocycles. The molecule has 4 aromatic rings. The van der Waals surface area contributed by atoms with E-state index in [-0.39, 0.29) is 0 Å². The second kappa shape index (κ2) is 9.96. The molecule has 2 atom stereocenters. The molecule has 4 rings (SSSR count). The van der Waals surface area contributed by atoms with E-state index in [0.717, 1.165) is 29.9 Å². The quantitative estimate of drug-likeness (QED) is 0.232. The predicted octanol–water partition coefficient (Wildman–Crippen LogP) is 5.46. The van der Waals surface area contributed by atoms with Crippen LogP contribution in [0.15, 0.2) is 60.7 Å². The SMILES string of the molecule is C[C@H](c1cc2ccccc2s1)N(O)C(N)=O.C[C@H](c1cc2ccccc2s1)N(O)C(N)=O. The van der Waals surface area contributed by atoms with E-state index in [1.165, 1.54) is 0 Å². The second-order valence-corrected chi connectivity index (χ2v) is 9.32. The number of hydrogen-bond acceptors (Lipinski definition) is 6. The summed E-state index contributed by atoms with van der Waals surface area (Å²) in [4.78, 5) is 23.5. The van der Waals surface area contributed by atoms with Crippen LogP contribution >= 0.6 is 22.7 Å². The summed E-state index contributed by atoms with van der Waals surface area (Å²) in [5.41, 5.74) is 10.0. The molecule has 0 aliphatic rings. The van der Waals surface area contributed by atoms with Crippen molar-refractivity contribution in [2.24, 2.45) is 11.5 Å². The van der Waals surface area contributed by atoms with Gasteiger partial charge in [-0.15, -0.1) is 22.7 Å². The van der Waals surface area contributed by atoms with Gasteiger partial charge in [0.1, 0.15) is 0 Å². The minimum atomic E-state index is -0.843. The molecule has 168 valence electrons. The van der Waals surface area contributed by atoms with Gasteiger partial charge in [0.25, 0.3) is 0 Å². The Bertz CT molecular complexity index is 1080. The summed E-state index contributed by atoms with van der Waals surface area (Å²) in [7, 11) is 0. The number of primary amides is 2. The van der Waals surface area contributed by atoms with E-state index in [1.807, 2.05) is 60.7 Å². The van der Waals surface area contributed by atoms with Gasteiger partial charge in [-0.2, -0.15) is 10.1 Å². The number of hydrogen-bond donors (Lipinski definition) is 4. The molecule has 0 radical (unpaired) electrons. The normalized spacial score (nSPS) is 12.6. The fraction of sp³-hybridized carbons (Fsp3) is 0.182. The van der Waals surface area contributed by atoms with Crippen LogP contribution in [0.25, 0.3) is 20.2 Å². The summed E-state index contributed by atoms with van der Waals surface area (Å²) in [6.45, 7) is 3.46. The van der Waals surface area contributed by atoms with Crippen molar-refractivity contribution in [3.8, 4) is 0 Å². The van der Waals surface area contributed by atoms with Gasteiger partial charge >= 0.3 is 12.1 Å². The lowest BCUT2D eigenvalue weighted by atomic mass is 10.2. The van der Waals surface area contributed by atoms with Crippen molar-refractivity contribution in [2.45, 2.75) is 25.9 Å². The van der Waals surface area contributed by atoms with Crippen LogP contribution in [0, 0.1) is 0 Å². The first-order valence-electron chi connectivity index (χ1n) is 9.71. The summed E-state index contributed by atoms with van der Waals surface area (Å²) in [5, 5.41) is 22.2. The molecule has 2 aromatic heterocycles. The van der Waals surface area contributed by atoms with E-state index in [2.05, 4.69) is 0 Å². The van der Waals surface area contributed by atoms with Crippen molar-refractivity contribution in [3.63, 3.8) is 0 Å². The Morgan fingerprint density at radius 2 is 1.09 bits per heavy atom. The molecular formula is C22H24N4O4S2. The summed E-state index contributed by atoms with van der Waals surface area (Å²) in [6.07, 6.45) is 0. The van der Waals surface area contributed by atoms with Gasteiger partial charge in [0.05, 0.1) is 12.1 Å². The van der Waals surface area contributed by atoms with Crippen LogP contribution in [0.3, 0.4) is 0 Å². The van der Waals surface area contributed by atoms with Crippen molar-refractivity contribution in [1.29, 1.82) is 0 Å². The first kappa shape index (κ1) is 23.5. The Morgan fingerprint density at radius 3 is 1.41 bits per heavy atom. The Balaban J connectivity index is 0.000000181. The van der Waals surface area contributed by atoms with Crippen LogP contribution in [0.4, 0.5) is 9.59 Å². The number of hydroxylamine groups is 4. The van der Waals surface area contributed by atoms with Crippen LogP contribution in [0.5, 0.6) is 0 Å². The number of amides is 4. The van der Waals surface area contributed by atoms with Crippen molar-refractivity contribution >= 4 is 54.9 Å². The Kier molecular flexibility index (Phi) is 7.31. The van der Waals surface area contributed by atoms with Crippen LogP contribution < -0.4 is 11.5 Å². The molecule has 0 bridgehead atoms. The Labute approximate surface area is 192 Å². The standard InChI is InChI=1S/2C11H12N2O2S/c2*1-7(13(15)11(12)14)10-6-8-4-2-3-5-9(8)16-10/h2*2-7,15H,1H3,(H2,12,14)/t2*7-/m11/s1. The third-order valence-corrected chi connectivity index (χ3v) is 7.47. The number of nitrogens with zero attached hydrogens (tertiary/aromatic N) is 2. The molecule has 0 saturated heterocycles. The molecule has 0 saturated carbocycles. The molecule has 10 heteroatoms. The average Bonchev–Trinajstić information content (AvgIpc) is 3.41. The highest BCUT2D eigenvalue weighted by molar-refractivity contribution is 7.19. The van der Waals surface area contributed by atoms with Crippen LogP contribution in [0.1, 0.15) is 35.7 Å². The molecule has 2 heterocycles. The molecular weight excluding hydrogens is 448 g/mol. The van der Waals surface area contributed by atoms with Crippen LogP contribution in [-0.4, -0.2) is 32.6 Å². The lowest BCUT2D eigenvalue weighted by Gasteiger charge is -2.18. The highest BCUT2D eigenvalue weighted by Crippen LogP contribution is 2.32. The van der Waals surface area contributed by atoms with Crippen LogP contribution in [-0.2, 0) is 0 Å². The summed E-state index contributed by atoms with van der Waals surface area (Å²) in [5.74, 6) is 0. The molecule has 32 heavy (non-hydrogen) atoms. The molecule has 6 N–H and O–H groups in total. The maximum atomic E-state index is 10.8. The predicted molar refractivity (Wildman–Crippen MR) is 127 cm³/mol. The van der Waals surface area contributed by atoms with E-state index in [4.69, 9.17) is 11.5 Å². The van der Waals surface area contributed by atoms with E-state index in [1.54, 1.807) is 36.5 Å². The fourth-order valence-electron chi connectivity index (χ4n) is 3.04. The zero-order chi connectivity index (χ0) is 23.4. The minimum Gasteiger partial charge on any atom is -0.350 e. The maximum Gasteiger partial charge on any atom is 0.339 e. The highest BCUT2D eigenvalue weighted by atomic mass is 32.1. The maximum absolute atomic E-state index is 10.8. The average molecular weight is 473 g/mol. The molecule has 0 unspecified atom stereocenters. The number of rotatable bonds is 4. The number of urea groups is 2. The molecule has 0 aliphatic heterocycles. The summed E-state index contributed by atoms with van der Waals surface area (Å²) >= 11 is 3.08. The molecule has 0 aliphatic carbocycles. The first-order chi connectivity index (χ1) is 15.2. The van der Waals surface area contributed by atoms with Gasteiger partial charge in [-0.25, -0.2) is 9.59 Å². The lowest BCUT2D eigenvalue weighted by Crippen LogP contribution is -2.34. The molecule has 4 amide bonds. The zero-order valence-corrected chi connectivity index (χ0v) is 19.1. The number of fused-ring (bicyclic) bond motifs is 2. The third-order valence-electron chi connectivity index (χ3n) is 4.90. The fourth-order valence-corrected chi connectivity index (χ4v) is 5.24. The van der Waals surface area contributed by atoms with E-state index in [9.17, 15) is 20.0 Å². The lowest BCUT2D eigenvalue weighted by molar-refractivity contribution is -0.0700. The monoisotopic (exact) mass is 472 g/mol. The van der Waals surface area contributed by atoms with Gasteiger partial charge in [-0.05, 0) is 48.9 Å². The van der Waals surface area contributed by atoms with Gasteiger partial charge < -0.3 is 11.5 Å². The van der Waals surface area contributed by atoms with Gasteiger partial charge in [0.2, 0.25) is 0 Å². The topological polar surface area (TPSA) is 133 Å². The minimum absolute atomic E-state index is 0.421. The van der Waals surface area contributed by atoms with Gasteiger partial charge in [-0.1, -0.05) is 36.4 Å². The zero-order valence-electron chi connectivity index (χ0n) is 17.5. The first-order valence-corrected chi connectivity index (χ1v) is 11.3. The number of nitrogens with two attached hydrogens (primary N) is 2. The third kappa shape index (κ3) is 5.17. The smallest absolute Gasteiger partial charge is 0.339 e. The Morgan fingerprint density at radius 1 is 0.750 bits per heavy atom. The Hall–Kier alpha value is -3.18. The van der Waals surface area contributed by atoms with Crippen molar-refractivity contribution < 1.29 is 20.0 Å². The van der Waals surface area contributed by atoms with Gasteiger partial charge in [0, 0.05) is 19.2 Å². The summed E-state index contributed by atoms with van der Waals surface area (Å²) in [6, 6.07) is 17.2. The largest absolute Gasteiger partial charge is 0.350 e. The molecule has 0 fully saturated rings. The summed E-state index contributed by atoms with van der Waals surface area (Å²) < 4.78 is 2.25. The number of carbonyl (C=O) groups is 2. The van der Waals surface area contributed by atoms with E-state index < -0.39 is 24.1 Å². The van der Waals surface area contributed by atoms with Crippen molar-refractivity contribution in [3.05, 3.63) is 70.4 Å². The highest BCUT2D eigenvalue weighted by Gasteiger charge is 2.20. The number of benzene rings is 2. The molecule has 8 nitrogen and oxygen atoms in total.